The van der Waals surface area contributed by atoms with E-state index in [0.29, 0.717) is 41.7 Å². The Morgan fingerprint density at radius 3 is 2.76 bits per heavy atom. The topological polar surface area (TPSA) is 127 Å². The molecule has 2 aliphatic heterocycles. The molecule has 0 radical (unpaired) electrons. The first-order chi connectivity index (χ1) is 20.1. The van der Waals surface area contributed by atoms with E-state index < -0.39 is 44.1 Å². The molecule has 0 fully saturated rings. The number of halogens is 2. The number of rotatable bonds is 5. The maximum Gasteiger partial charge on any atom is 0.251 e. The molecule has 14 heteroatoms. The number of nitrogens with zero attached hydrogens (tertiary/aromatic N) is 5. The lowest BCUT2D eigenvalue weighted by Crippen LogP contribution is -2.31. The molecular weight excluding hydrogens is 570 g/mol. The van der Waals surface area contributed by atoms with Gasteiger partial charge in [-0.3, -0.25) is 9.78 Å². The molecule has 1 atom stereocenters. The van der Waals surface area contributed by atoms with Crippen LogP contribution in [0, 0.1) is 5.82 Å². The van der Waals surface area contributed by atoms with Crippen molar-refractivity contribution in [1.82, 2.24) is 20.3 Å². The van der Waals surface area contributed by atoms with E-state index >= 15 is 0 Å². The van der Waals surface area contributed by atoms with Gasteiger partial charge in [-0.2, -0.15) is 0 Å². The van der Waals surface area contributed by atoms with Gasteiger partial charge in [0, 0.05) is 45.3 Å². The largest absolute Gasteiger partial charge is 0.489 e. The number of anilines is 3. The molecule has 5 heterocycles. The number of pyridine rings is 3. The minimum atomic E-state index is -4.52. The molecule has 0 saturated heterocycles. The van der Waals surface area contributed by atoms with E-state index in [1.165, 1.54) is 0 Å². The second-order valence-electron chi connectivity index (χ2n) is 9.98. The zero-order valence-electron chi connectivity index (χ0n) is 22.7. The maximum absolute atomic E-state index is 14.7. The fourth-order valence-corrected chi connectivity index (χ4v) is 6.23. The molecule has 4 aromatic rings. The fraction of sp³-hybridized carbons (Fsp3) is 0.286. The van der Waals surface area contributed by atoms with Crippen molar-refractivity contribution in [3.8, 4) is 11.5 Å². The highest BCUT2D eigenvalue weighted by Crippen LogP contribution is 2.40. The molecular formula is C28H28F2N6O5S. The number of ether oxygens (including phenoxy) is 2. The number of fused-ring (bicyclic) bond motifs is 3. The van der Waals surface area contributed by atoms with E-state index in [1.807, 2.05) is 42.1 Å². The smallest absolute Gasteiger partial charge is 0.251 e. The minimum Gasteiger partial charge on any atom is -0.489 e. The van der Waals surface area contributed by atoms with Gasteiger partial charge in [0.1, 0.15) is 17.3 Å². The van der Waals surface area contributed by atoms with Crippen molar-refractivity contribution >= 4 is 44.0 Å². The van der Waals surface area contributed by atoms with Gasteiger partial charge >= 0.3 is 0 Å². The quantitative estimate of drug-likeness (QED) is 0.363. The monoisotopic (exact) mass is 598 g/mol. The Balaban J connectivity index is 0.00000368. The summed E-state index contributed by atoms with van der Waals surface area (Å²) in [6.45, 7) is 0.646. The van der Waals surface area contributed by atoms with E-state index in [0.717, 1.165) is 23.2 Å². The molecule has 11 nitrogen and oxygen atoms in total. The van der Waals surface area contributed by atoms with Gasteiger partial charge in [-0.05, 0) is 36.4 Å². The predicted octanol–water partition coefficient (Wildman–Crippen LogP) is 3.79. The summed E-state index contributed by atoms with van der Waals surface area (Å²) in [4.78, 5) is 29.8. The summed E-state index contributed by atoms with van der Waals surface area (Å²) in [5.74, 6) is -0.423. The third-order valence-corrected chi connectivity index (χ3v) is 8.82. The second-order valence-corrected chi connectivity index (χ2v) is 12.0. The third-order valence-electron chi connectivity index (χ3n) is 6.99. The normalized spacial score (nSPS) is 17.3. The zero-order chi connectivity index (χ0) is 29.6. The average Bonchev–Trinajstić information content (AvgIpc) is 3.10. The van der Waals surface area contributed by atoms with E-state index in [9.17, 15) is 22.0 Å². The van der Waals surface area contributed by atoms with Crippen molar-refractivity contribution < 1.29 is 32.9 Å². The van der Waals surface area contributed by atoms with E-state index in [-0.39, 0.29) is 20.1 Å². The highest BCUT2D eigenvalue weighted by atomic mass is 32.2. The van der Waals surface area contributed by atoms with Crippen LogP contribution < -0.4 is 24.6 Å². The number of hydrogen-bond acceptors (Lipinski definition) is 10. The Hall–Kier alpha value is -4.59. The number of carbonyl (C=O) groups is 1. The van der Waals surface area contributed by atoms with Crippen molar-refractivity contribution in [3.05, 3.63) is 65.9 Å². The number of aromatic nitrogens is 3. The lowest BCUT2D eigenvalue weighted by molar-refractivity contribution is 0.0949. The number of nitrogens with one attached hydrogen (secondary N) is 1. The summed E-state index contributed by atoms with van der Waals surface area (Å²) in [6.07, 6.45) is 2.90. The van der Waals surface area contributed by atoms with Crippen LogP contribution in [0.4, 0.5) is 26.1 Å². The van der Waals surface area contributed by atoms with Crippen LogP contribution in [0.2, 0.25) is 0 Å². The van der Waals surface area contributed by atoms with Gasteiger partial charge in [0.15, 0.2) is 23.1 Å². The van der Waals surface area contributed by atoms with Crippen LogP contribution in [0.15, 0.2) is 53.7 Å². The van der Waals surface area contributed by atoms with Gasteiger partial charge in [-0.25, -0.2) is 27.2 Å². The van der Waals surface area contributed by atoms with Gasteiger partial charge in [-0.15, -0.1) is 0 Å². The third kappa shape index (κ3) is 4.91. The Kier molecular flexibility index (Phi) is 7.01. The molecule has 3 aromatic heterocycles. The summed E-state index contributed by atoms with van der Waals surface area (Å²) in [5, 5.41) is 3.38. The number of benzene rings is 1. The Morgan fingerprint density at radius 2 is 1.95 bits per heavy atom. The van der Waals surface area contributed by atoms with Crippen molar-refractivity contribution in [2.75, 3.05) is 43.7 Å². The van der Waals surface area contributed by atoms with Crippen LogP contribution >= 0.6 is 0 Å². The van der Waals surface area contributed by atoms with Crippen LogP contribution in [-0.2, 0) is 16.4 Å². The number of carbonyl (C=O) groups excluding carboxylic acids is 1. The summed E-state index contributed by atoms with van der Waals surface area (Å²) in [6, 6.07) is 9.15. The van der Waals surface area contributed by atoms with Crippen LogP contribution in [0.3, 0.4) is 0 Å². The number of sulfone groups is 1. The SMILES string of the molecule is CN(C)c1ccnc2c1OCCN2c1ccc2cnc(CNC(=O)c3cc(F)c4c(c3)S(=O)(=O)[C@@H](F)CCO4)cc2n1.[HH]. The Labute approximate surface area is 241 Å². The van der Waals surface area contributed by atoms with Crippen LogP contribution in [0.1, 0.15) is 23.9 Å². The highest BCUT2D eigenvalue weighted by molar-refractivity contribution is 7.92. The van der Waals surface area contributed by atoms with Crippen molar-refractivity contribution in [2.24, 2.45) is 0 Å². The van der Waals surface area contributed by atoms with Gasteiger partial charge in [0.2, 0.25) is 15.3 Å². The van der Waals surface area contributed by atoms with Crippen LogP contribution in [0.25, 0.3) is 10.9 Å². The molecule has 0 bridgehead atoms. The van der Waals surface area contributed by atoms with Gasteiger partial charge in [-0.1, -0.05) is 0 Å². The molecule has 220 valence electrons. The van der Waals surface area contributed by atoms with Crippen LogP contribution in [-0.4, -0.2) is 68.6 Å². The summed E-state index contributed by atoms with van der Waals surface area (Å²) < 4.78 is 65.0. The Bertz CT molecular complexity index is 1830. The van der Waals surface area contributed by atoms with E-state index in [1.54, 1.807) is 18.5 Å². The summed E-state index contributed by atoms with van der Waals surface area (Å²) in [7, 11) is -0.659. The summed E-state index contributed by atoms with van der Waals surface area (Å²) in [5.41, 5.74) is -0.559. The molecule has 2 aliphatic rings. The lowest BCUT2D eigenvalue weighted by atomic mass is 10.2. The second kappa shape index (κ2) is 10.7. The average molecular weight is 599 g/mol. The van der Waals surface area contributed by atoms with Gasteiger partial charge < -0.3 is 24.6 Å². The molecule has 1 amide bonds. The minimum absolute atomic E-state index is 0. The first kappa shape index (κ1) is 27.6. The van der Waals surface area contributed by atoms with Crippen LogP contribution in [0.5, 0.6) is 11.5 Å². The van der Waals surface area contributed by atoms with E-state index in [2.05, 4.69) is 15.3 Å². The molecule has 0 spiro atoms. The number of amides is 1. The standard InChI is InChI=1S/C28H26F2N6O5S.H2/c1-35(2)21-5-7-31-27-26(21)41-10-8-36(27)24-4-3-16-14-32-18(13-20(16)34-24)15-33-28(37)17-11-19(29)25-22(12-17)42(38,39)23(30)6-9-40-25;/h3-5,7,11-14,23H,6,8-10,15H2,1-2H3,(H,33,37);1H/t23-;/m1./s1. The molecule has 6 rings (SSSR count). The van der Waals surface area contributed by atoms with Gasteiger partial charge in [0.25, 0.3) is 5.91 Å². The first-order valence-corrected chi connectivity index (χ1v) is 14.6. The molecule has 0 aliphatic carbocycles. The molecule has 0 saturated carbocycles. The number of hydrogen-bond donors (Lipinski definition) is 1. The Morgan fingerprint density at radius 1 is 1.14 bits per heavy atom. The predicted molar refractivity (Wildman–Crippen MR) is 152 cm³/mol. The lowest BCUT2D eigenvalue weighted by Gasteiger charge is -2.31. The molecule has 42 heavy (non-hydrogen) atoms. The fourth-order valence-electron chi connectivity index (χ4n) is 4.84. The highest BCUT2D eigenvalue weighted by Gasteiger charge is 2.35. The summed E-state index contributed by atoms with van der Waals surface area (Å²) >= 11 is 0. The molecule has 1 aromatic carbocycles. The molecule has 0 unspecified atom stereocenters. The zero-order valence-corrected chi connectivity index (χ0v) is 23.5. The maximum atomic E-state index is 14.7. The molecule has 1 N–H and O–H groups in total. The van der Waals surface area contributed by atoms with Crippen molar-refractivity contribution in [1.29, 1.82) is 0 Å². The van der Waals surface area contributed by atoms with Gasteiger partial charge in [0.05, 0.1) is 36.6 Å². The van der Waals surface area contributed by atoms with Crippen molar-refractivity contribution in [3.63, 3.8) is 0 Å². The first-order valence-electron chi connectivity index (χ1n) is 13.1. The van der Waals surface area contributed by atoms with Crippen molar-refractivity contribution in [2.45, 2.75) is 23.4 Å². The number of alkyl halides is 1. The van der Waals surface area contributed by atoms with E-state index in [4.69, 9.17) is 14.5 Å².